The monoisotopic (exact) mass is 636 g/mol. The molecule has 1 unspecified atom stereocenters. The molecule has 0 saturated carbocycles. The predicted molar refractivity (Wildman–Crippen MR) is 167 cm³/mol. The third-order valence-corrected chi connectivity index (χ3v) is 7.97. The molecule has 0 aliphatic carbocycles. The summed E-state index contributed by atoms with van der Waals surface area (Å²) >= 11 is 0. The van der Waals surface area contributed by atoms with E-state index < -0.39 is 29.4 Å². The minimum atomic E-state index is -0.971. The number of hydrogen-bond donors (Lipinski definition) is 2. The van der Waals surface area contributed by atoms with E-state index in [9.17, 15) is 13.6 Å². The zero-order valence-corrected chi connectivity index (χ0v) is 25.9. The van der Waals surface area contributed by atoms with Crippen molar-refractivity contribution in [3.63, 3.8) is 0 Å². The molecule has 2 aliphatic rings. The van der Waals surface area contributed by atoms with Crippen molar-refractivity contribution in [2.24, 2.45) is 0 Å². The van der Waals surface area contributed by atoms with Crippen LogP contribution in [0.15, 0.2) is 48.7 Å². The first-order valence-electron chi connectivity index (χ1n) is 15.7. The Kier molecular flexibility index (Phi) is 10.0. The number of nitrogens with zero attached hydrogens (tertiary/aromatic N) is 4. The molecule has 46 heavy (non-hydrogen) atoms. The number of carbonyl (C=O) groups is 1. The number of morpholine rings is 1. The lowest BCUT2D eigenvalue weighted by molar-refractivity contribution is -0.142. The summed E-state index contributed by atoms with van der Waals surface area (Å²) in [6.45, 7) is 8.07. The van der Waals surface area contributed by atoms with Crippen molar-refractivity contribution in [2.75, 3.05) is 56.3 Å². The van der Waals surface area contributed by atoms with Gasteiger partial charge in [0.25, 0.3) is 5.91 Å². The number of rotatable bonds is 11. The second-order valence-corrected chi connectivity index (χ2v) is 11.0. The lowest BCUT2D eigenvalue weighted by Gasteiger charge is -2.28. The largest absolute Gasteiger partial charge is 0.378 e. The standard InChI is InChI=1S/C33H38F2N6O5/c1-3-44-33(45-4-2)30-28(21-11-13-22(14-12-21)40-15-18-43-19-16-40)37-31(38-30)29-25(20-41(39-29)26-10-5-6-17-46-26)36-32(42)27-23(34)8-7-9-24(27)35/h7-9,11-14,20,26,33H,3-6,10,15-19H2,1-2H3,(H,36,42)(H,37,38). The van der Waals surface area contributed by atoms with Crippen molar-refractivity contribution in [3.8, 4) is 22.8 Å². The summed E-state index contributed by atoms with van der Waals surface area (Å²) in [5, 5.41) is 7.43. The Balaban J connectivity index is 1.42. The second kappa shape index (κ2) is 14.5. The van der Waals surface area contributed by atoms with Crippen LogP contribution in [0.3, 0.4) is 0 Å². The van der Waals surface area contributed by atoms with Crippen LogP contribution in [0.25, 0.3) is 22.8 Å². The van der Waals surface area contributed by atoms with Crippen LogP contribution in [0.2, 0.25) is 0 Å². The van der Waals surface area contributed by atoms with Crippen LogP contribution < -0.4 is 10.2 Å². The molecule has 2 saturated heterocycles. The molecule has 1 atom stereocenters. The fourth-order valence-corrected chi connectivity index (χ4v) is 5.70. The third-order valence-electron chi connectivity index (χ3n) is 7.97. The lowest BCUT2D eigenvalue weighted by Crippen LogP contribution is -2.36. The molecule has 4 heterocycles. The van der Waals surface area contributed by atoms with Crippen LogP contribution in [-0.2, 0) is 18.9 Å². The van der Waals surface area contributed by atoms with E-state index in [1.54, 1.807) is 10.9 Å². The highest BCUT2D eigenvalue weighted by atomic mass is 19.1. The van der Waals surface area contributed by atoms with E-state index in [0.717, 1.165) is 55.7 Å². The summed E-state index contributed by atoms with van der Waals surface area (Å²) in [5.41, 5.74) is 2.85. The smallest absolute Gasteiger partial charge is 0.261 e. The summed E-state index contributed by atoms with van der Waals surface area (Å²) in [4.78, 5) is 23.8. The van der Waals surface area contributed by atoms with Crippen LogP contribution in [0.1, 0.15) is 61.7 Å². The fourth-order valence-electron chi connectivity index (χ4n) is 5.70. The van der Waals surface area contributed by atoms with Gasteiger partial charge in [-0.05, 0) is 57.4 Å². The molecule has 2 aromatic carbocycles. The summed E-state index contributed by atoms with van der Waals surface area (Å²) in [6.07, 6.45) is 3.04. The maximum Gasteiger partial charge on any atom is 0.261 e. The Bertz CT molecular complexity index is 1600. The molecule has 2 N–H and O–H groups in total. The van der Waals surface area contributed by atoms with Crippen molar-refractivity contribution >= 4 is 17.3 Å². The summed E-state index contributed by atoms with van der Waals surface area (Å²) in [7, 11) is 0. The van der Waals surface area contributed by atoms with Crippen molar-refractivity contribution < 1.29 is 32.5 Å². The number of hydrogen-bond acceptors (Lipinski definition) is 8. The van der Waals surface area contributed by atoms with Crippen LogP contribution in [0.4, 0.5) is 20.2 Å². The average Bonchev–Trinajstić information content (AvgIpc) is 3.70. The Morgan fingerprint density at radius 3 is 2.41 bits per heavy atom. The van der Waals surface area contributed by atoms with Gasteiger partial charge in [-0.25, -0.2) is 18.4 Å². The number of carbonyl (C=O) groups excluding carboxylic acids is 1. The van der Waals surface area contributed by atoms with Gasteiger partial charge in [0, 0.05) is 44.2 Å². The zero-order valence-electron chi connectivity index (χ0n) is 25.9. The highest BCUT2D eigenvalue weighted by Crippen LogP contribution is 2.36. The Morgan fingerprint density at radius 2 is 1.76 bits per heavy atom. The third kappa shape index (κ3) is 6.82. The van der Waals surface area contributed by atoms with Crippen molar-refractivity contribution in [2.45, 2.75) is 45.6 Å². The van der Waals surface area contributed by atoms with Gasteiger partial charge in [0.15, 0.2) is 11.5 Å². The van der Waals surface area contributed by atoms with E-state index in [0.29, 0.717) is 50.2 Å². The Morgan fingerprint density at radius 1 is 1.04 bits per heavy atom. The number of anilines is 2. The van der Waals surface area contributed by atoms with E-state index in [-0.39, 0.29) is 17.6 Å². The first-order chi connectivity index (χ1) is 22.5. The van der Waals surface area contributed by atoms with Gasteiger partial charge in [-0.2, -0.15) is 5.10 Å². The molecule has 0 spiro atoms. The van der Waals surface area contributed by atoms with Crippen LogP contribution in [0, 0.1) is 11.6 Å². The number of aromatic amines is 1. The number of nitrogens with one attached hydrogen (secondary N) is 2. The van der Waals surface area contributed by atoms with E-state index in [1.165, 1.54) is 6.07 Å². The molecule has 0 radical (unpaired) electrons. The highest BCUT2D eigenvalue weighted by Gasteiger charge is 2.28. The first-order valence-corrected chi connectivity index (χ1v) is 15.7. The van der Waals surface area contributed by atoms with Gasteiger partial charge in [0.05, 0.1) is 30.8 Å². The van der Waals surface area contributed by atoms with Crippen molar-refractivity contribution in [1.29, 1.82) is 0 Å². The topological polar surface area (TPSA) is 116 Å². The van der Waals surface area contributed by atoms with Crippen molar-refractivity contribution in [3.05, 3.63) is 71.6 Å². The summed E-state index contributed by atoms with van der Waals surface area (Å²) < 4.78 is 54.1. The summed E-state index contributed by atoms with van der Waals surface area (Å²) in [6, 6.07) is 11.4. The van der Waals surface area contributed by atoms with Gasteiger partial charge in [-0.15, -0.1) is 0 Å². The van der Waals surface area contributed by atoms with Gasteiger partial charge >= 0.3 is 0 Å². The van der Waals surface area contributed by atoms with Crippen LogP contribution in [0.5, 0.6) is 0 Å². The molecule has 2 fully saturated rings. The number of H-pyrrole nitrogens is 1. The quantitative estimate of drug-likeness (QED) is 0.191. The number of imidazole rings is 1. The van der Waals surface area contributed by atoms with Gasteiger partial charge in [0.2, 0.25) is 6.29 Å². The van der Waals surface area contributed by atoms with Gasteiger partial charge in [-0.3, -0.25) is 4.79 Å². The number of halogens is 2. The average molecular weight is 637 g/mol. The number of ether oxygens (including phenoxy) is 4. The molecule has 244 valence electrons. The minimum Gasteiger partial charge on any atom is -0.378 e. The van der Waals surface area contributed by atoms with Crippen LogP contribution >= 0.6 is 0 Å². The molecule has 1 amide bonds. The molecule has 6 rings (SSSR count). The van der Waals surface area contributed by atoms with Crippen LogP contribution in [-0.4, -0.2) is 71.8 Å². The maximum absolute atomic E-state index is 14.6. The van der Waals surface area contributed by atoms with E-state index in [4.69, 9.17) is 29.0 Å². The summed E-state index contributed by atoms with van der Waals surface area (Å²) in [5.74, 6) is -2.58. The lowest BCUT2D eigenvalue weighted by atomic mass is 10.1. The van der Waals surface area contributed by atoms with Gasteiger partial charge in [-0.1, -0.05) is 18.2 Å². The molecular formula is C33H38F2N6O5. The minimum absolute atomic E-state index is 0.209. The fraction of sp³-hybridized carbons (Fsp3) is 0.424. The predicted octanol–water partition coefficient (Wildman–Crippen LogP) is 6.08. The highest BCUT2D eigenvalue weighted by molar-refractivity contribution is 6.06. The number of amides is 1. The normalized spacial score (nSPS) is 17.1. The van der Waals surface area contributed by atoms with Gasteiger partial charge < -0.3 is 34.1 Å². The van der Waals surface area contributed by atoms with E-state index in [1.807, 2.05) is 38.1 Å². The molecule has 2 aliphatic heterocycles. The molecule has 0 bridgehead atoms. The van der Waals surface area contributed by atoms with Crippen molar-refractivity contribution in [1.82, 2.24) is 19.7 Å². The van der Waals surface area contributed by atoms with E-state index in [2.05, 4.69) is 15.2 Å². The number of benzene rings is 2. The zero-order chi connectivity index (χ0) is 32.0. The number of aromatic nitrogens is 4. The Labute approximate surface area is 265 Å². The molecule has 13 heteroatoms. The molecular weight excluding hydrogens is 598 g/mol. The molecule has 2 aromatic heterocycles. The van der Waals surface area contributed by atoms with E-state index >= 15 is 0 Å². The maximum atomic E-state index is 14.6. The second-order valence-electron chi connectivity index (χ2n) is 11.0. The van der Waals surface area contributed by atoms with Gasteiger partial charge in [0.1, 0.15) is 29.1 Å². The Hall–Kier alpha value is -4.17. The molecule has 11 nitrogen and oxygen atoms in total. The molecule has 4 aromatic rings. The SMILES string of the molecule is CCOC(OCC)c1nc(-c2nn(C3CCCCO3)cc2NC(=O)c2c(F)cccc2F)[nH]c1-c1ccc(N2CCOCC2)cc1. The first kappa shape index (κ1) is 31.8.